The first-order chi connectivity index (χ1) is 5.64. The highest BCUT2D eigenvalue weighted by Gasteiger charge is 2.49. The second-order valence-corrected chi connectivity index (χ2v) is 4.56. The predicted octanol–water partition coefficient (Wildman–Crippen LogP) is 2.44. The van der Waals surface area contributed by atoms with Crippen molar-refractivity contribution >= 4 is 15.9 Å². The summed E-state index contributed by atoms with van der Waals surface area (Å²) in [5, 5.41) is 0. The lowest BCUT2D eigenvalue weighted by atomic mass is 9.98. The Kier molecular flexibility index (Phi) is 1.77. The average Bonchev–Trinajstić information content (AvgIpc) is 2.61. The Morgan fingerprint density at radius 1 is 1.50 bits per heavy atom. The Bertz CT molecular complexity index is 310. The molecular weight excluding hydrogens is 214 g/mol. The highest BCUT2D eigenvalue weighted by atomic mass is 79.9. The number of hydrogen-bond donors (Lipinski definition) is 1. The van der Waals surface area contributed by atoms with Gasteiger partial charge in [-0.15, -0.1) is 0 Å². The van der Waals surface area contributed by atoms with Gasteiger partial charge in [0.2, 0.25) is 0 Å². The molecule has 2 N–H and O–H groups in total. The number of nitrogens with two attached hydrogens (primary N) is 1. The van der Waals surface area contributed by atoms with Crippen LogP contribution in [-0.4, -0.2) is 6.04 Å². The predicted molar refractivity (Wildman–Crippen MR) is 54.1 cm³/mol. The summed E-state index contributed by atoms with van der Waals surface area (Å²) in [6, 6.07) is 8.67. The Balaban J connectivity index is 2.41. The topological polar surface area (TPSA) is 26.0 Å². The Labute approximate surface area is 81.1 Å². The number of benzene rings is 1. The summed E-state index contributed by atoms with van der Waals surface area (Å²) in [4.78, 5) is 0. The molecule has 1 saturated carbocycles. The van der Waals surface area contributed by atoms with E-state index in [2.05, 4.69) is 41.1 Å². The summed E-state index contributed by atoms with van der Waals surface area (Å²) in [6.45, 7) is 2.22. The van der Waals surface area contributed by atoms with E-state index in [0.717, 1.165) is 6.42 Å². The summed E-state index contributed by atoms with van der Waals surface area (Å²) in [6.07, 6.45) is 1.11. The standard InChI is InChI=1S/C10H12BrN/c1-10(6-9(10)12)7-4-2-3-5-8(7)11/h2-5,9H,6,12H2,1H3/t9-,10?/m1/s1. The molecule has 0 spiro atoms. The fourth-order valence-electron chi connectivity index (χ4n) is 1.63. The smallest absolute Gasteiger partial charge is 0.0213 e. The van der Waals surface area contributed by atoms with Crippen LogP contribution in [0, 0.1) is 0 Å². The summed E-state index contributed by atoms with van der Waals surface area (Å²) in [7, 11) is 0. The van der Waals surface area contributed by atoms with Crippen molar-refractivity contribution in [3.05, 3.63) is 34.3 Å². The average molecular weight is 226 g/mol. The molecular formula is C10H12BrN. The number of hydrogen-bond acceptors (Lipinski definition) is 1. The molecule has 2 atom stereocenters. The lowest BCUT2D eigenvalue weighted by Crippen LogP contribution is -2.14. The van der Waals surface area contributed by atoms with Crippen LogP contribution in [-0.2, 0) is 5.41 Å². The minimum Gasteiger partial charge on any atom is -0.327 e. The van der Waals surface area contributed by atoms with E-state index in [0.29, 0.717) is 6.04 Å². The van der Waals surface area contributed by atoms with Crippen molar-refractivity contribution in [3.8, 4) is 0 Å². The molecule has 0 aromatic heterocycles. The Morgan fingerprint density at radius 3 is 2.58 bits per heavy atom. The maximum atomic E-state index is 5.88. The molecule has 0 saturated heterocycles. The molecule has 12 heavy (non-hydrogen) atoms. The van der Waals surface area contributed by atoms with E-state index in [-0.39, 0.29) is 5.41 Å². The van der Waals surface area contributed by atoms with Gasteiger partial charge in [-0.1, -0.05) is 41.1 Å². The van der Waals surface area contributed by atoms with Gasteiger partial charge in [-0.2, -0.15) is 0 Å². The van der Waals surface area contributed by atoms with Gasteiger partial charge in [-0.05, 0) is 18.1 Å². The molecule has 0 radical (unpaired) electrons. The van der Waals surface area contributed by atoms with E-state index >= 15 is 0 Å². The molecule has 64 valence electrons. The molecule has 0 aliphatic heterocycles. The van der Waals surface area contributed by atoms with Crippen molar-refractivity contribution in [3.63, 3.8) is 0 Å². The van der Waals surface area contributed by atoms with Gasteiger partial charge < -0.3 is 5.73 Å². The van der Waals surface area contributed by atoms with Crippen molar-refractivity contribution in [2.24, 2.45) is 5.73 Å². The van der Waals surface area contributed by atoms with E-state index in [1.807, 2.05) is 6.07 Å². The van der Waals surface area contributed by atoms with Crippen molar-refractivity contribution in [2.45, 2.75) is 24.8 Å². The first-order valence-electron chi connectivity index (χ1n) is 4.15. The van der Waals surface area contributed by atoms with Crippen molar-refractivity contribution in [1.29, 1.82) is 0 Å². The third-order valence-corrected chi connectivity index (χ3v) is 3.48. The van der Waals surface area contributed by atoms with Crippen LogP contribution in [0.3, 0.4) is 0 Å². The molecule has 1 nitrogen and oxygen atoms in total. The largest absolute Gasteiger partial charge is 0.327 e. The van der Waals surface area contributed by atoms with E-state index in [1.165, 1.54) is 10.0 Å². The lowest BCUT2D eigenvalue weighted by molar-refractivity contribution is 0.737. The van der Waals surface area contributed by atoms with Gasteiger partial charge in [0.15, 0.2) is 0 Å². The highest BCUT2D eigenvalue weighted by molar-refractivity contribution is 9.10. The van der Waals surface area contributed by atoms with Crippen LogP contribution in [0.1, 0.15) is 18.9 Å². The fourth-order valence-corrected chi connectivity index (χ4v) is 2.37. The van der Waals surface area contributed by atoms with Gasteiger partial charge in [0.1, 0.15) is 0 Å². The van der Waals surface area contributed by atoms with Crippen LogP contribution in [0.5, 0.6) is 0 Å². The fraction of sp³-hybridized carbons (Fsp3) is 0.400. The lowest BCUT2D eigenvalue weighted by Gasteiger charge is -2.11. The number of halogens is 1. The first kappa shape index (κ1) is 8.27. The molecule has 1 aromatic carbocycles. The maximum absolute atomic E-state index is 5.88. The zero-order chi connectivity index (χ0) is 8.77. The second kappa shape index (κ2) is 2.57. The third-order valence-electron chi connectivity index (χ3n) is 2.79. The summed E-state index contributed by atoms with van der Waals surface area (Å²) in [5.41, 5.74) is 7.45. The Hall–Kier alpha value is -0.340. The monoisotopic (exact) mass is 225 g/mol. The molecule has 2 rings (SSSR count). The quantitative estimate of drug-likeness (QED) is 0.781. The van der Waals surface area contributed by atoms with Crippen LogP contribution < -0.4 is 5.73 Å². The summed E-state index contributed by atoms with van der Waals surface area (Å²) in [5.74, 6) is 0. The molecule has 1 aromatic rings. The summed E-state index contributed by atoms with van der Waals surface area (Å²) >= 11 is 3.54. The Morgan fingerprint density at radius 2 is 2.08 bits per heavy atom. The van der Waals surface area contributed by atoms with Crippen molar-refractivity contribution in [2.75, 3.05) is 0 Å². The highest BCUT2D eigenvalue weighted by Crippen LogP contribution is 2.48. The molecule has 0 bridgehead atoms. The molecule has 0 heterocycles. The first-order valence-corrected chi connectivity index (χ1v) is 4.94. The number of rotatable bonds is 1. The minimum absolute atomic E-state index is 0.222. The maximum Gasteiger partial charge on any atom is 0.0213 e. The van der Waals surface area contributed by atoms with E-state index in [9.17, 15) is 0 Å². The summed E-state index contributed by atoms with van der Waals surface area (Å²) < 4.78 is 1.18. The van der Waals surface area contributed by atoms with Crippen molar-refractivity contribution in [1.82, 2.24) is 0 Å². The molecule has 1 unspecified atom stereocenters. The van der Waals surface area contributed by atoms with Gasteiger partial charge in [0, 0.05) is 15.9 Å². The van der Waals surface area contributed by atoms with E-state index in [4.69, 9.17) is 5.73 Å². The zero-order valence-corrected chi connectivity index (χ0v) is 8.64. The minimum atomic E-state index is 0.222. The molecule has 1 aliphatic carbocycles. The zero-order valence-electron chi connectivity index (χ0n) is 7.05. The van der Waals surface area contributed by atoms with Gasteiger partial charge >= 0.3 is 0 Å². The van der Waals surface area contributed by atoms with Gasteiger partial charge in [-0.3, -0.25) is 0 Å². The molecule has 2 heteroatoms. The molecule has 1 fully saturated rings. The van der Waals surface area contributed by atoms with Crippen molar-refractivity contribution < 1.29 is 0 Å². The van der Waals surface area contributed by atoms with Gasteiger partial charge in [0.05, 0.1) is 0 Å². The third kappa shape index (κ3) is 1.10. The van der Waals surface area contributed by atoms with Crippen LogP contribution >= 0.6 is 15.9 Å². The molecule has 0 amide bonds. The van der Waals surface area contributed by atoms with Crippen LogP contribution in [0.2, 0.25) is 0 Å². The normalized spacial score (nSPS) is 33.4. The van der Waals surface area contributed by atoms with Gasteiger partial charge in [-0.25, -0.2) is 0 Å². The SMILES string of the molecule is CC1(c2ccccc2Br)C[C@H]1N. The van der Waals surface area contributed by atoms with Crippen LogP contribution in [0.4, 0.5) is 0 Å². The molecule has 1 aliphatic rings. The van der Waals surface area contributed by atoms with E-state index < -0.39 is 0 Å². The van der Waals surface area contributed by atoms with Gasteiger partial charge in [0.25, 0.3) is 0 Å². The van der Waals surface area contributed by atoms with E-state index in [1.54, 1.807) is 0 Å². The second-order valence-electron chi connectivity index (χ2n) is 3.71. The van der Waals surface area contributed by atoms with Crippen LogP contribution in [0.15, 0.2) is 28.7 Å². The van der Waals surface area contributed by atoms with Crippen LogP contribution in [0.25, 0.3) is 0 Å².